The zero-order chi connectivity index (χ0) is 12.8. The summed E-state index contributed by atoms with van der Waals surface area (Å²) in [4.78, 5) is 15.4. The lowest BCUT2D eigenvalue weighted by Gasteiger charge is -1.98. The molecule has 0 spiro atoms. The van der Waals surface area contributed by atoms with Gasteiger partial charge in [-0.3, -0.25) is 9.78 Å². The molecule has 0 atom stereocenters. The molecule has 2 aromatic rings. The number of rotatable bonds is 3. The second-order valence-corrected chi connectivity index (χ2v) is 3.44. The predicted octanol–water partition coefficient (Wildman–Crippen LogP) is 1.98. The van der Waals surface area contributed by atoms with Gasteiger partial charge >= 0.3 is 0 Å². The van der Waals surface area contributed by atoms with E-state index in [2.05, 4.69) is 15.5 Å². The number of amides is 1. The van der Waals surface area contributed by atoms with Crippen molar-refractivity contribution in [3.63, 3.8) is 0 Å². The van der Waals surface area contributed by atoms with Crippen LogP contribution in [-0.2, 0) is 0 Å². The molecule has 0 radical (unpaired) electrons. The van der Waals surface area contributed by atoms with Gasteiger partial charge in [0, 0.05) is 11.8 Å². The van der Waals surface area contributed by atoms with E-state index < -0.39 is 11.7 Å². The van der Waals surface area contributed by atoms with Crippen LogP contribution >= 0.6 is 0 Å². The first-order valence-corrected chi connectivity index (χ1v) is 5.26. The molecule has 0 fully saturated rings. The molecule has 1 heterocycles. The predicted molar refractivity (Wildman–Crippen MR) is 65.7 cm³/mol. The molecule has 1 N–H and O–H groups in total. The monoisotopic (exact) mass is 243 g/mol. The molecule has 0 saturated carbocycles. The Morgan fingerprint density at radius 2 is 2.00 bits per heavy atom. The van der Waals surface area contributed by atoms with Crippen molar-refractivity contribution in [3.8, 4) is 0 Å². The molecule has 0 aliphatic carbocycles. The number of benzene rings is 1. The average molecular weight is 243 g/mol. The summed E-state index contributed by atoms with van der Waals surface area (Å²) in [5, 5.41) is 3.67. The molecule has 1 aromatic carbocycles. The zero-order valence-corrected chi connectivity index (χ0v) is 9.38. The SMILES string of the molecule is O=C(N/N=C/c1ccccc1F)c1ccccn1. The lowest BCUT2D eigenvalue weighted by molar-refractivity contribution is 0.0950. The molecule has 1 aromatic heterocycles. The number of pyridine rings is 1. The molecule has 0 unspecified atom stereocenters. The smallest absolute Gasteiger partial charge is 0.266 e. The number of hydrazone groups is 1. The summed E-state index contributed by atoms with van der Waals surface area (Å²) in [6.07, 6.45) is 2.76. The first-order valence-electron chi connectivity index (χ1n) is 5.26. The topological polar surface area (TPSA) is 54.4 Å². The number of halogens is 1. The van der Waals surface area contributed by atoms with Crippen LogP contribution in [0.3, 0.4) is 0 Å². The minimum atomic E-state index is -0.441. The fraction of sp³-hybridized carbons (Fsp3) is 0. The van der Waals surface area contributed by atoms with Crippen LogP contribution in [0.2, 0.25) is 0 Å². The highest BCUT2D eigenvalue weighted by atomic mass is 19.1. The van der Waals surface area contributed by atoms with E-state index in [-0.39, 0.29) is 5.69 Å². The van der Waals surface area contributed by atoms with Crippen LogP contribution in [0.1, 0.15) is 16.1 Å². The maximum absolute atomic E-state index is 13.2. The Hall–Kier alpha value is -2.56. The number of carbonyl (C=O) groups excluding carboxylic acids is 1. The van der Waals surface area contributed by atoms with E-state index in [1.807, 2.05) is 0 Å². The van der Waals surface area contributed by atoms with Gasteiger partial charge in [-0.05, 0) is 18.2 Å². The Balaban J connectivity index is 2.00. The highest BCUT2D eigenvalue weighted by Crippen LogP contribution is 2.02. The normalized spacial score (nSPS) is 10.5. The summed E-state index contributed by atoms with van der Waals surface area (Å²) < 4.78 is 13.2. The second kappa shape index (κ2) is 5.67. The average Bonchev–Trinajstić information content (AvgIpc) is 2.42. The van der Waals surface area contributed by atoms with Gasteiger partial charge in [0.15, 0.2) is 0 Å². The van der Waals surface area contributed by atoms with Crippen LogP contribution in [-0.4, -0.2) is 17.1 Å². The molecule has 5 heteroatoms. The van der Waals surface area contributed by atoms with Crippen molar-refractivity contribution < 1.29 is 9.18 Å². The van der Waals surface area contributed by atoms with E-state index >= 15 is 0 Å². The summed E-state index contributed by atoms with van der Waals surface area (Å²) in [6.45, 7) is 0. The zero-order valence-electron chi connectivity index (χ0n) is 9.38. The summed E-state index contributed by atoms with van der Waals surface area (Å²) in [6, 6.07) is 11.1. The Bertz CT molecular complexity index is 569. The van der Waals surface area contributed by atoms with Crippen LogP contribution in [0.4, 0.5) is 4.39 Å². The van der Waals surface area contributed by atoms with Crippen molar-refractivity contribution in [1.29, 1.82) is 0 Å². The molecule has 1 amide bonds. The van der Waals surface area contributed by atoms with E-state index in [1.54, 1.807) is 36.4 Å². The maximum Gasteiger partial charge on any atom is 0.289 e. The van der Waals surface area contributed by atoms with E-state index in [4.69, 9.17) is 0 Å². The number of nitrogens with one attached hydrogen (secondary N) is 1. The molecule has 90 valence electrons. The maximum atomic E-state index is 13.2. The van der Waals surface area contributed by atoms with Gasteiger partial charge in [-0.2, -0.15) is 5.10 Å². The van der Waals surface area contributed by atoms with E-state index in [0.717, 1.165) is 0 Å². The molecule has 0 aliphatic heterocycles. The lowest BCUT2D eigenvalue weighted by atomic mass is 10.2. The quantitative estimate of drug-likeness (QED) is 0.662. The highest BCUT2D eigenvalue weighted by molar-refractivity contribution is 5.93. The standard InChI is InChI=1S/C13H10FN3O/c14-11-6-2-1-5-10(11)9-16-17-13(18)12-7-3-4-8-15-12/h1-9H,(H,17,18)/b16-9+. The lowest BCUT2D eigenvalue weighted by Crippen LogP contribution is -2.18. The Morgan fingerprint density at radius 1 is 1.22 bits per heavy atom. The Morgan fingerprint density at radius 3 is 2.72 bits per heavy atom. The van der Waals surface area contributed by atoms with Crippen LogP contribution in [0.5, 0.6) is 0 Å². The molecular weight excluding hydrogens is 233 g/mol. The minimum absolute atomic E-state index is 0.253. The van der Waals surface area contributed by atoms with Gasteiger partial charge in [-0.15, -0.1) is 0 Å². The van der Waals surface area contributed by atoms with Crippen LogP contribution in [0.15, 0.2) is 53.8 Å². The van der Waals surface area contributed by atoms with Gasteiger partial charge in [0.1, 0.15) is 11.5 Å². The van der Waals surface area contributed by atoms with Gasteiger partial charge in [0.25, 0.3) is 5.91 Å². The summed E-state index contributed by atoms with van der Waals surface area (Å²) in [7, 11) is 0. The molecule has 0 bridgehead atoms. The van der Waals surface area contributed by atoms with Gasteiger partial charge in [0.05, 0.1) is 6.21 Å². The number of aromatic nitrogens is 1. The van der Waals surface area contributed by atoms with Crippen LogP contribution < -0.4 is 5.43 Å². The number of hydrogen-bond acceptors (Lipinski definition) is 3. The van der Waals surface area contributed by atoms with Crippen molar-refractivity contribution in [2.45, 2.75) is 0 Å². The number of nitrogens with zero attached hydrogens (tertiary/aromatic N) is 2. The van der Waals surface area contributed by atoms with Gasteiger partial charge in [-0.25, -0.2) is 9.82 Å². The molecule has 0 saturated heterocycles. The number of hydrogen-bond donors (Lipinski definition) is 1. The molecule has 4 nitrogen and oxygen atoms in total. The van der Waals surface area contributed by atoms with E-state index in [0.29, 0.717) is 5.56 Å². The Labute approximate surface area is 103 Å². The summed E-state index contributed by atoms with van der Waals surface area (Å²) >= 11 is 0. The molecule has 0 aliphatic rings. The van der Waals surface area contributed by atoms with Crippen molar-refractivity contribution >= 4 is 12.1 Å². The van der Waals surface area contributed by atoms with Crippen molar-refractivity contribution in [2.24, 2.45) is 5.10 Å². The van der Waals surface area contributed by atoms with Gasteiger partial charge in [0.2, 0.25) is 0 Å². The van der Waals surface area contributed by atoms with Crippen molar-refractivity contribution in [3.05, 3.63) is 65.7 Å². The second-order valence-electron chi connectivity index (χ2n) is 3.44. The summed E-state index contributed by atoms with van der Waals surface area (Å²) in [5.74, 6) is -0.837. The van der Waals surface area contributed by atoms with E-state index in [9.17, 15) is 9.18 Å². The third kappa shape index (κ3) is 2.98. The van der Waals surface area contributed by atoms with Crippen molar-refractivity contribution in [1.82, 2.24) is 10.4 Å². The fourth-order valence-corrected chi connectivity index (χ4v) is 1.29. The van der Waals surface area contributed by atoms with Gasteiger partial charge < -0.3 is 0 Å². The molecule has 2 rings (SSSR count). The number of carbonyl (C=O) groups is 1. The fourth-order valence-electron chi connectivity index (χ4n) is 1.29. The van der Waals surface area contributed by atoms with Gasteiger partial charge in [-0.1, -0.05) is 24.3 Å². The summed E-state index contributed by atoms with van der Waals surface area (Å²) in [5.41, 5.74) is 2.83. The third-order valence-electron chi connectivity index (χ3n) is 2.17. The van der Waals surface area contributed by atoms with Crippen LogP contribution in [0.25, 0.3) is 0 Å². The largest absolute Gasteiger partial charge is 0.289 e. The Kier molecular flexibility index (Phi) is 3.76. The minimum Gasteiger partial charge on any atom is -0.266 e. The van der Waals surface area contributed by atoms with Crippen LogP contribution in [0, 0.1) is 5.82 Å². The van der Waals surface area contributed by atoms with E-state index in [1.165, 1.54) is 18.5 Å². The first-order chi connectivity index (χ1) is 8.77. The molecular formula is C13H10FN3O. The highest BCUT2D eigenvalue weighted by Gasteiger charge is 2.03. The third-order valence-corrected chi connectivity index (χ3v) is 2.17. The first kappa shape index (κ1) is 11.9. The molecule has 18 heavy (non-hydrogen) atoms. The van der Waals surface area contributed by atoms with Crippen molar-refractivity contribution in [2.75, 3.05) is 0 Å².